The van der Waals surface area contributed by atoms with Crippen LogP contribution in [0, 0.1) is 5.82 Å². The smallest absolute Gasteiger partial charge is 0.271 e. The number of amides is 1. The third-order valence-electron chi connectivity index (χ3n) is 4.78. The number of anilines is 1. The minimum atomic E-state index is -3.61. The van der Waals surface area contributed by atoms with E-state index in [2.05, 4.69) is 4.72 Å². The predicted molar refractivity (Wildman–Crippen MR) is 126 cm³/mol. The van der Waals surface area contributed by atoms with Gasteiger partial charge in [0, 0.05) is 25.3 Å². The summed E-state index contributed by atoms with van der Waals surface area (Å²) >= 11 is 1.15. The Morgan fingerprint density at radius 2 is 1.62 bits per heavy atom. The summed E-state index contributed by atoms with van der Waals surface area (Å²) in [4.78, 5) is 16.7. The van der Waals surface area contributed by atoms with Crippen LogP contribution in [0.15, 0.2) is 70.3 Å². The number of sulfonamides is 1. The van der Waals surface area contributed by atoms with Crippen molar-refractivity contribution >= 4 is 33.0 Å². The second-order valence-corrected chi connectivity index (χ2v) is 10.5. The van der Waals surface area contributed by atoms with Crippen molar-refractivity contribution in [2.75, 3.05) is 31.9 Å². The Morgan fingerprint density at radius 1 is 0.969 bits per heavy atom. The van der Waals surface area contributed by atoms with Gasteiger partial charge in [-0.2, -0.15) is 0 Å². The lowest BCUT2D eigenvalue weighted by atomic mass is 10.1. The highest BCUT2D eigenvalue weighted by Crippen LogP contribution is 2.21. The summed E-state index contributed by atoms with van der Waals surface area (Å²) < 4.78 is 40.7. The molecule has 0 radical (unpaired) electrons. The molecule has 0 bridgehead atoms. The molecule has 6 nitrogen and oxygen atoms in total. The molecule has 0 fully saturated rings. The van der Waals surface area contributed by atoms with Gasteiger partial charge < -0.3 is 9.80 Å². The standard InChI is InChI=1S/C23H26FN3O3S2/c1-26(2)13-14-27(17-19-5-9-20(24)10-6-19)22(28)16-18-7-11-21(12-8-18)25-32(29,30)23-4-3-15-31-23/h3-12,15,25H,13-14,16-17H2,1-2H3. The molecule has 0 saturated heterocycles. The van der Waals surface area contributed by atoms with Gasteiger partial charge in [-0.25, -0.2) is 12.8 Å². The van der Waals surface area contributed by atoms with Crippen molar-refractivity contribution in [1.29, 1.82) is 0 Å². The maximum Gasteiger partial charge on any atom is 0.271 e. The van der Waals surface area contributed by atoms with Gasteiger partial charge in [-0.3, -0.25) is 9.52 Å². The number of likely N-dealkylation sites (N-methyl/N-ethyl adjacent to an activating group) is 1. The lowest BCUT2D eigenvalue weighted by molar-refractivity contribution is -0.131. The molecule has 1 N–H and O–H groups in total. The molecule has 0 aliphatic carbocycles. The van der Waals surface area contributed by atoms with E-state index in [1.165, 1.54) is 12.1 Å². The molecule has 3 aromatic rings. The highest BCUT2D eigenvalue weighted by Gasteiger charge is 2.17. The zero-order valence-electron chi connectivity index (χ0n) is 18.0. The van der Waals surface area contributed by atoms with E-state index in [1.807, 2.05) is 19.0 Å². The van der Waals surface area contributed by atoms with E-state index in [-0.39, 0.29) is 22.4 Å². The number of nitrogens with one attached hydrogen (secondary N) is 1. The summed E-state index contributed by atoms with van der Waals surface area (Å²) in [6.45, 7) is 1.64. The summed E-state index contributed by atoms with van der Waals surface area (Å²) in [6.07, 6.45) is 0.187. The molecule has 0 aliphatic heterocycles. The Balaban J connectivity index is 1.66. The zero-order valence-corrected chi connectivity index (χ0v) is 19.6. The quantitative estimate of drug-likeness (QED) is 0.484. The first-order chi connectivity index (χ1) is 15.2. The van der Waals surface area contributed by atoms with Gasteiger partial charge in [0.15, 0.2) is 0 Å². The molecule has 9 heteroatoms. The summed E-state index contributed by atoms with van der Waals surface area (Å²) in [7, 11) is 0.271. The van der Waals surface area contributed by atoms with Crippen LogP contribution >= 0.6 is 11.3 Å². The average Bonchev–Trinajstić information content (AvgIpc) is 3.29. The van der Waals surface area contributed by atoms with Crippen molar-refractivity contribution in [3.05, 3.63) is 83.0 Å². The van der Waals surface area contributed by atoms with Crippen LogP contribution in [0.25, 0.3) is 0 Å². The number of carbonyl (C=O) groups is 1. The molecule has 1 amide bonds. The van der Waals surface area contributed by atoms with Crippen LogP contribution in [0.2, 0.25) is 0 Å². The van der Waals surface area contributed by atoms with Crippen LogP contribution < -0.4 is 4.72 Å². The third-order valence-corrected chi connectivity index (χ3v) is 7.56. The number of benzene rings is 2. The maximum absolute atomic E-state index is 13.2. The molecule has 2 aromatic carbocycles. The van der Waals surface area contributed by atoms with E-state index in [4.69, 9.17) is 0 Å². The molecular formula is C23H26FN3O3S2. The number of hydrogen-bond acceptors (Lipinski definition) is 5. The van der Waals surface area contributed by atoms with Crippen molar-refractivity contribution in [2.24, 2.45) is 0 Å². The van der Waals surface area contributed by atoms with Gasteiger partial charge in [-0.15, -0.1) is 11.3 Å². The number of hydrogen-bond donors (Lipinski definition) is 1. The summed E-state index contributed by atoms with van der Waals surface area (Å²) in [5, 5.41) is 1.71. The SMILES string of the molecule is CN(C)CCN(Cc1ccc(F)cc1)C(=O)Cc1ccc(NS(=O)(=O)c2cccs2)cc1. The van der Waals surface area contributed by atoms with Gasteiger partial charge in [-0.05, 0) is 60.9 Å². The molecule has 1 aromatic heterocycles. The molecular weight excluding hydrogens is 449 g/mol. The Labute approximate surface area is 192 Å². The van der Waals surface area contributed by atoms with Crippen molar-refractivity contribution in [3.8, 4) is 0 Å². The van der Waals surface area contributed by atoms with Crippen LogP contribution in [0.5, 0.6) is 0 Å². The van der Waals surface area contributed by atoms with Gasteiger partial charge in [0.25, 0.3) is 10.0 Å². The molecule has 0 unspecified atom stereocenters. The van der Waals surface area contributed by atoms with E-state index in [1.54, 1.807) is 58.8 Å². The molecule has 32 heavy (non-hydrogen) atoms. The van der Waals surface area contributed by atoms with Crippen LogP contribution in [-0.2, 0) is 27.8 Å². The summed E-state index contributed by atoms with van der Waals surface area (Å²) in [5.74, 6) is -0.363. The van der Waals surface area contributed by atoms with Gasteiger partial charge in [0.05, 0.1) is 6.42 Å². The van der Waals surface area contributed by atoms with Crippen molar-refractivity contribution in [1.82, 2.24) is 9.80 Å². The van der Waals surface area contributed by atoms with Gasteiger partial charge in [0.1, 0.15) is 10.0 Å². The largest absolute Gasteiger partial charge is 0.337 e. The monoisotopic (exact) mass is 475 g/mol. The fourth-order valence-electron chi connectivity index (χ4n) is 3.02. The molecule has 0 atom stereocenters. The minimum absolute atomic E-state index is 0.0527. The molecule has 0 spiro atoms. The number of carbonyl (C=O) groups excluding carboxylic acids is 1. The van der Waals surface area contributed by atoms with Crippen molar-refractivity contribution < 1.29 is 17.6 Å². The minimum Gasteiger partial charge on any atom is -0.337 e. The zero-order chi connectivity index (χ0) is 23.1. The Kier molecular flexibility index (Phi) is 8.00. The van der Waals surface area contributed by atoms with Crippen LogP contribution in [0.1, 0.15) is 11.1 Å². The topological polar surface area (TPSA) is 69.7 Å². The fourth-order valence-corrected chi connectivity index (χ4v) is 5.07. The normalized spacial score (nSPS) is 11.5. The van der Waals surface area contributed by atoms with Crippen molar-refractivity contribution in [3.63, 3.8) is 0 Å². The van der Waals surface area contributed by atoms with E-state index in [0.717, 1.165) is 22.5 Å². The molecule has 170 valence electrons. The average molecular weight is 476 g/mol. The fraction of sp³-hybridized carbons (Fsp3) is 0.261. The second-order valence-electron chi connectivity index (χ2n) is 7.66. The first-order valence-electron chi connectivity index (χ1n) is 10.0. The molecule has 0 aliphatic rings. The molecule has 0 saturated carbocycles. The van der Waals surface area contributed by atoms with Crippen molar-refractivity contribution in [2.45, 2.75) is 17.2 Å². The number of nitrogens with zero attached hydrogens (tertiary/aromatic N) is 2. The Hall–Kier alpha value is -2.75. The Bertz CT molecular complexity index is 1110. The molecule has 3 rings (SSSR count). The predicted octanol–water partition coefficient (Wildman–Crippen LogP) is 3.82. The summed E-state index contributed by atoms with van der Waals surface area (Å²) in [5.41, 5.74) is 2.07. The van der Waals surface area contributed by atoms with E-state index >= 15 is 0 Å². The van der Waals surface area contributed by atoms with Gasteiger partial charge in [-0.1, -0.05) is 30.3 Å². The second kappa shape index (κ2) is 10.7. The maximum atomic E-state index is 13.2. The van der Waals surface area contributed by atoms with E-state index < -0.39 is 10.0 Å². The van der Waals surface area contributed by atoms with Crippen LogP contribution in [0.3, 0.4) is 0 Å². The first kappa shape index (κ1) is 23.9. The number of thiophene rings is 1. The summed E-state index contributed by atoms with van der Waals surface area (Å²) in [6, 6.07) is 16.2. The highest BCUT2D eigenvalue weighted by atomic mass is 32.2. The third kappa shape index (κ3) is 6.88. The number of halogens is 1. The molecule has 1 heterocycles. The van der Waals surface area contributed by atoms with Crippen LogP contribution in [-0.4, -0.2) is 51.3 Å². The first-order valence-corrected chi connectivity index (χ1v) is 12.4. The highest BCUT2D eigenvalue weighted by molar-refractivity contribution is 7.94. The number of rotatable bonds is 10. The van der Waals surface area contributed by atoms with Gasteiger partial charge in [0.2, 0.25) is 5.91 Å². The Morgan fingerprint density at radius 3 is 2.22 bits per heavy atom. The van der Waals surface area contributed by atoms with Crippen LogP contribution in [0.4, 0.5) is 10.1 Å². The lowest BCUT2D eigenvalue weighted by Crippen LogP contribution is -2.37. The van der Waals surface area contributed by atoms with E-state index in [9.17, 15) is 17.6 Å². The van der Waals surface area contributed by atoms with E-state index in [0.29, 0.717) is 25.3 Å². The lowest BCUT2D eigenvalue weighted by Gasteiger charge is -2.25. The van der Waals surface area contributed by atoms with Gasteiger partial charge >= 0.3 is 0 Å².